The van der Waals surface area contributed by atoms with Gasteiger partial charge in [0.05, 0.1) is 0 Å². The van der Waals surface area contributed by atoms with Gasteiger partial charge in [0.2, 0.25) is 0 Å². The lowest BCUT2D eigenvalue weighted by Gasteiger charge is -2.11. The normalized spacial score (nSPS) is 10.4. The van der Waals surface area contributed by atoms with Crippen LogP contribution in [0.1, 0.15) is 31.7 Å². The van der Waals surface area contributed by atoms with Crippen molar-refractivity contribution in [1.82, 2.24) is 0 Å². The van der Waals surface area contributed by atoms with Gasteiger partial charge in [-0.05, 0) is 42.9 Å². The number of unbranched alkanes of at least 4 members (excludes halogenated alkanes) is 1. The van der Waals surface area contributed by atoms with Gasteiger partial charge in [0, 0.05) is 12.2 Å². The van der Waals surface area contributed by atoms with Crippen LogP contribution in [0.15, 0.2) is 24.3 Å². The highest BCUT2D eigenvalue weighted by atomic mass is 32.2. The smallest absolute Gasteiger partial charge is 0.0372 e. The molecular weight excluding hydrogens is 214 g/mol. The number of benzene rings is 1. The van der Waals surface area contributed by atoms with Crippen molar-refractivity contribution >= 4 is 17.4 Å². The van der Waals surface area contributed by atoms with Crippen LogP contribution in [0.2, 0.25) is 0 Å². The number of thioether (sulfide) groups is 1. The molecule has 0 fully saturated rings. The quantitative estimate of drug-likeness (QED) is 0.680. The lowest BCUT2D eigenvalue weighted by molar-refractivity contribution is 0.839. The monoisotopic (exact) mass is 237 g/mol. The molecule has 0 radical (unpaired) electrons. The maximum Gasteiger partial charge on any atom is 0.0372 e. The highest BCUT2D eigenvalue weighted by molar-refractivity contribution is 7.98. The highest BCUT2D eigenvalue weighted by Crippen LogP contribution is 2.16. The Morgan fingerprint density at radius 3 is 2.75 bits per heavy atom. The second-order valence-electron chi connectivity index (χ2n) is 4.03. The highest BCUT2D eigenvalue weighted by Gasteiger charge is 1.99. The lowest BCUT2D eigenvalue weighted by Crippen LogP contribution is -2.04. The molecule has 0 aromatic heterocycles. The molecule has 2 heteroatoms. The van der Waals surface area contributed by atoms with Gasteiger partial charge in [-0.25, -0.2) is 0 Å². The second-order valence-corrected chi connectivity index (χ2v) is 5.02. The summed E-state index contributed by atoms with van der Waals surface area (Å²) in [7, 11) is 0. The number of hydrogen-bond donors (Lipinski definition) is 1. The van der Waals surface area contributed by atoms with E-state index in [-0.39, 0.29) is 0 Å². The first-order chi connectivity index (χ1) is 7.88. The maximum atomic E-state index is 3.55. The fourth-order valence-corrected chi connectivity index (χ4v) is 2.27. The van der Waals surface area contributed by atoms with Gasteiger partial charge >= 0.3 is 0 Å². The molecule has 90 valence electrons. The van der Waals surface area contributed by atoms with Crippen LogP contribution in [0.3, 0.4) is 0 Å². The molecule has 0 bridgehead atoms. The number of aryl methyl sites for hydroxylation is 1. The average Bonchev–Trinajstić information content (AvgIpc) is 2.31. The fourth-order valence-electron chi connectivity index (χ4n) is 1.77. The van der Waals surface area contributed by atoms with Crippen LogP contribution in [0.25, 0.3) is 0 Å². The van der Waals surface area contributed by atoms with Crippen LogP contribution >= 0.6 is 11.8 Å². The topological polar surface area (TPSA) is 12.0 Å². The second kappa shape index (κ2) is 8.51. The first-order valence-corrected chi connectivity index (χ1v) is 7.58. The summed E-state index contributed by atoms with van der Waals surface area (Å²) >= 11 is 1.93. The van der Waals surface area contributed by atoms with Gasteiger partial charge in [-0.1, -0.05) is 31.5 Å². The van der Waals surface area contributed by atoms with Crippen molar-refractivity contribution in [1.29, 1.82) is 0 Å². The number of rotatable bonds is 8. The SMILES string of the molecule is CCCc1ccccc1NCCCCSC. The molecule has 0 aliphatic rings. The molecule has 1 aromatic carbocycles. The molecule has 0 saturated carbocycles. The molecule has 0 saturated heterocycles. The number of para-hydroxylation sites is 1. The zero-order chi connectivity index (χ0) is 11.6. The van der Waals surface area contributed by atoms with Crippen molar-refractivity contribution in [3.8, 4) is 0 Å². The largest absolute Gasteiger partial charge is 0.385 e. The molecule has 0 spiro atoms. The standard InChI is InChI=1S/C14H23NS/c1-3-8-13-9-4-5-10-14(13)15-11-6-7-12-16-2/h4-5,9-10,15H,3,6-8,11-12H2,1-2H3. The molecule has 0 unspecified atom stereocenters. The zero-order valence-electron chi connectivity index (χ0n) is 10.5. The summed E-state index contributed by atoms with van der Waals surface area (Å²) in [5, 5.41) is 3.55. The molecule has 0 aliphatic carbocycles. The van der Waals surface area contributed by atoms with E-state index in [1.165, 1.54) is 42.7 Å². The van der Waals surface area contributed by atoms with Crippen LogP contribution in [0.5, 0.6) is 0 Å². The molecule has 1 aromatic rings. The van der Waals surface area contributed by atoms with Crippen molar-refractivity contribution < 1.29 is 0 Å². The van der Waals surface area contributed by atoms with Crippen molar-refractivity contribution in [3.63, 3.8) is 0 Å². The maximum absolute atomic E-state index is 3.55. The van der Waals surface area contributed by atoms with Crippen LogP contribution in [0.4, 0.5) is 5.69 Å². The predicted octanol–water partition coefficient (Wildman–Crippen LogP) is 4.19. The fraction of sp³-hybridized carbons (Fsp3) is 0.571. The first-order valence-electron chi connectivity index (χ1n) is 6.19. The van der Waals surface area contributed by atoms with Gasteiger partial charge < -0.3 is 5.32 Å². The van der Waals surface area contributed by atoms with Crippen molar-refractivity contribution in [3.05, 3.63) is 29.8 Å². The minimum Gasteiger partial charge on any atom is -0.385 e. The zero-order valence-corrected chi connectivity index (χ0v) is 11.3. The van der Waals surface area contributed by atoms with E-state index in [2.05, 4.69) is 42.8 Å². The summed E-state index contributed by atoms with van der Waals surface area (Å²) in [6.45, 7) is 3.33. The van der Waals surface area contributed by atoms with Crippen LogP contribution in [-0.2, 0) is 6.42 Å². The molecule has 0 aliphatic heterocycles. The molecule has 0 heterocycles. The molecule has 0 atom stereocenters. The van der Waals surface area contributed by atoms with E-state index >= 15 is 0 Å². The van der Waals surface area contributed by atoms with E-state index < -0.39 is 0 Å². The van der Waals surface area contributed by atoms with Gasteiger partial charge in [-0.15, -0.1) is 0 Å². The Balaban J connectivity index is 2.34. The van der Waals surface area contributed by atoms with E-state index in [0.717, 1.165) is 6.54 Å². The summed E-state index contributed by atoms with van der Waals surface area (Å²) in [6.07, 6.45) is 7.13. The van der Waals surface area contributed by atoms with Gasteiger partial charge in [0.1, 0.15) is 0 Å². The minimum absolute atomic E-state index is 1.10. The molecular formula is C14H23NS. The Labute approximate surface area is 104 Å². The number of nitrogens with one attached hydrogen (secondary N) is 1. The van der Waals surface area contributed by atoms with E-state index in [0.29, 0.717) is 0 Å². The van der Waals surface area contributed by atoms with Gasteiger partial charge in [-0.3, -0.25) is 0 Å². The van der Waals surface area contributed by atoms with Crippen molar-refractivity contribution in [2.24, 2.45) is 0 Å². The van der Waals surface area contributed by atoms with Crippen LogP contribution in [-0.4, -0.2) is 18.6 Å². The predicted molar refractivity (Wildman–Crippen MR) is 76.5 cm³/mol. The third-order valence-electron chi connectivity index (χ3n) is 2.63. The number of hydrogen-bond acceptors (Lipinski definition) is 2. The van der Waals surface area contributed by atoms with Crippen molar-refractivity contribution in [2.45, 2.75) is 32.6 Å². The molecule has 1 nitrogen and oxygen atoms in total. The van der Waals surface area contributed by atoms with Crippen LogP contribution in [0, 0.1) is 0 Å². The first kappa shape index (κ1) is 13.4. The summed E-state index contributed by atoms with van der Waals surface area (Å²) in [4.78, 5) is 0. The third-order valence-corrected chi connectivity index (χ3v) is 3.32. The Morgan fingerprint density at radius 2 is 2.00 bits per heavy atom. The van der Waals surface area contributed by atoms with E-state index in [1.807, 2.05) is 11.8 Å². The number of anilines is 1. The van der Waals surface area contributed by atoms with Gasteiger partial charge in [0.25, 0.3) is 0 Å². The van der Waals surface area contributed by atoms with Gasteiger partial charge in [-0.2, -0.15) is 11.8 Å². The molecule has 1 rings (SSSR count). The average molecular weight is 237 g/mol. The Morgan fingerprint density at radius 1 is 1.19 bits per heavy atom. The summed E-state index contributed by atoms with van der Waals surface area (Å²) in [6, 6.07) is 8.67. The van der Waals surface area contributed by atoms with E-state index in [9.17, 15) is 0 Å². The minimum atomic E-state index is 1.10. The summed E-state index contributed by atoms with van der Waals surface area (Å²) in [5.41, 5.74) is 2.78. The van der Waals surface area contributed by atoms with Crippen LogP contribution < -0.4 is 5.32 Å². The Hall–Kier alpha value is -0.630. The molecule has 0 amide bonds. The Bertz CT molecular complexity index is 286. The van der Waals surface area contributed by atoms with Gasteiger partial charge in [0.15, 0.2) is 0 Å². The van der Waals surface area contributed by atoms with Crippen molar-refractivity contribution in [2.75, 3.05) is 23.9 Å². The van der Waals surface area contributed by atoms with E-state index in [4.69, 9.17) is 0 Å². The molecule has 1 N–H and O–H groups in total. The summed E-state index contributed by atoms with van der Waals surface area (Å²) in [5.74, 6) is 1.28. The lowest BCUT2D eigenvalue weighted by atomic mass is 10.1. The van der Waals surface area contributed by atoms with E-state index in [1.54, 1.807) is 0 Å². The third kappa shape index (κ3) is 4.93. The molecule has 16 heavy (non-hydrogen) atoms. The summed E-state index contributed by atoms with van der Waals surface area (Å²) < 4.78 is 0. The Kier molecular flexibility index (Phi) is 7.15.